The molecule has 0 saturated carbocycles. The first-order valence-electron chi connectivity index (χ1n) is 6.64. The Kier molecular flexibility index (Phi) is 6.15. The predicted molar refractivity (Wildman–Crippen MR) is 79.3 cm³/mol. The number of carbonyl (C=O) groups excluding carboxylic acids is 1. The number of hydrogen-bond donors (Lipinski definition) is 1. The molecule has 0 aliphatic rings. The first-order chi connectivity index (χ1) is 9.93. The minimum atomic E-state index is -0.926. The van der Waals surface area contributed by atoms with Gasteiger partial charge in [-0.05, 0) is 37.6 Å². The zero-order valence-electron chi connectivity index (χ0n) is 12.1. The first-order valence-corrected chi connectivity index (χ1v) is 6.64. The molecular formula is C16H18N2O3. The smallest absolute Gasteiger partial charge is 0.305 e. The van der Waals surface area contributed by atoms with Crippen LogP contribution >= 0.6 is 0 Å². The third-order valence-electron chi connectivity index (χ3n) is 2.93. The molecule has 1 N–H and O–H groups in total. The third-order valence-corrected chi connectivity index (χ3v) is 2.93. The molecule has 0 unspecified atom stereocenters. The number of carbonyl (C=O) groups is 2. The number of carboxylic acid groups (broad SMARTS) is 1. The topological polar surface area (TPSA) is 81.4 Å². The van der Waals surface area contributed by atoms with Gasteiger partial charge in [-0.2, -0.15) is 5.26 Å². The average Bonchev–Trinajstić information content (AvgIpc) is 2.45. The quantitative estimate of drug-likeness (QED) is 0.813. The Labute approximate surface area is 124 Å². The van der Waals surface area contributed by atoms with Crippen LogP contribution in [0, 0.1) is 11.3 Å². The molecule has 1 aromatic rings. The van der Waals surface area contributed by atoms with Crippen LogP contribution in [0.4, 0.5) is 0 Å². The van der Waals surface area contributed by atoms with E-state index in [1.165, 1.54) is 11.0 Å². The van der Waals surface area contributed by atoms with Gasteiger partial charge >= 0.3 is 5.97 Å². The van der Waals surface area contributed by atoms with Gasteiger partial charge in [0.1, 0.15) is 0 Å². The number of rotatable bonds is 6. The summed E-state index contributed by atoms with van der Waals surface area (Å²) in [6, 6.07) is 8.81. The van der Waals surface area contributed by atoms with Crippen LogP contribution in [0.3, 0.4) is 0 Å². The lowest BCUT2D eigenvalue weighted by molar-refractivity contribution is -0.138. The molecule has 0 saturated heterocycles. The summed E-state index contributed by atoms with van der Waals surface area (Å²) in [7, 11) is 0. The summed E-state index contributed by atoms with van der Waals surface area (Å²) >= 11 is 0. The summed E-state index contributed by atoms with van der Waals surface area (Å²) in [5.74, 6) is -1.15. The van der Waals surface area contributed by atoms with Crippen molar-refractivity contribution < 1.29 is 14.7 Å². The van der Waals surface area contributed by atoms with Gasteiger partial charge in [0.2, 0.25) is 5.91 Å². The van der Waals surface area contributed by atoms with E-state index in [9.17, 15) is 9.59 Å². The second-order valence-electron chi connectivity index (χ2n) is 4.84. The molecule has 110 valence electrons. The lowest BCUT2D eigenvalue weighted by Crippen LogP contribution is -2.37. The fourth-order valence-electron chi connectivity index (χ4n) is 1.77. The Morgan fingerprint density at radius 1 is 1.33 bits per heavy atom. The molecule has 0 aromatic heterocycles. The Bertz CT molecular complexity index is 568. The Morgan fingerprint density at radius 2 is 1.95 bits per heavy atom. The average molecular weight is 286 g/mol. The molecular weight excluding hydrogens is 268 g/mol. The number of aliphatic carboxylic acids is 1. The van der Waals surface area contributed by atoms with E-state index >= 15 is 0 Å². The van der Waals surface area contributed by atoms with Crippen molar-refractivity contribution in [2.45, 2.75) is 26.3 Å². The summed E-state index contributed by atoms with van der Waals surface area (Å²) in [5, 5.41) is 17.4. The Balaban J connectivity index is 2.73. The normalized spacial score (nSPS) is 10.6. The maximum atomic E-state index is 12.1. The van der Waals surface area contributed by atoms with E-state index in [2.05, 4.69) is 0 Å². The molecule has 1 aromatic carbocycles. The van der Waals surface area contributed by atoms with Gasteiger partial charge in [-0.15, -0.1) is 0 Å². The Morgan fingerprint density at radius 3 is 2.43 bits per heavy atom. The van der Waals surface area contributed by atoms with Crippen molar-refractivity contribution >= 4 is 18.0 Å². The second-order valence-corrected chi connectivity index (χ2v) is 4.84. The van der Waals surface area contributed by atoms with Gasteiger partial charge < -0.3 is 10.0 Å². The van der Waals surface area contributed by atoms with E-state index in [1.54, 1.807) is 30.3 Å². The van der Waals surface area contributed by atoms with Crippen LogP contribution < -0.4 is 0 Å². The van der Waals surface area contributed by atoms with Crippen LogP contribution in [0.5, 0.6) is 0 Å². The monoisotopic (exact) mass is 286 g/mol. The molecule has 1 rings (SSSR count). The lowest BCUT2D eigenvalue weighted by Gasteiger charge is -2.24. The highest BCUT2D eigenvalue weighted by Gasteiger charge is 2.15. The third kappa shape index (κ3) is 5.49. The minimum Gasteiger partial charge on any atom is -0.481 e. The molecule has 0 atom stereocenters. The van der Waals surface area contributed by atoms with Crippen molar-refractivity contribution in [3.8, 4) is 6.07 Å². The second kappa shape index (κ2) is 7.85. The van der Waals surface area contributed by atoms with Gasteiger partial charge in [0.05, 0.1) is 18.1 Å². The molecule has 0 spiro atoms. The maximum Gasteiger partial charge on any atom is 0.305 e. The summed E-state index contributed by atoms with van der Waals surface area (Å²) in [4.78, 5) is 24.2. The zero-order chi connectivity index (χ0) is 15.8. The zero-order valence-corrected chi connectivity index (χ0v) is 12.1. The Hall–Kier alpha value is -2.61. The number of nitrogens with zero attached hydrogens (tertiary/aromatic N) is 2. The SMILES string of the molecule is CC(C)N(CCC(=O)O)C(=O)/C=C/c1ccc(C#N)cc1. The van der Waals surface area contributed by atoms with E-state index in [1.807, 2.05) is 19.9 Å². The molecule has 5 nitrogen and oxygen atoms in total. The summed E-state index contributed by atoms with van der Waals surface area (Å²) in [6.07, 6.45) is 3.00. The first kappa shape index (κ1) is 16.4. The van der Waals surface area contributed by atoms with Gasteiger partial charge in [0.25, 0.3) is 0 Å². The van der Waals surface area contributed by atoms with Crippen molar-refractivity contribution in [3.05, 3.63) is 41.5 Å². The molecule has 0 radical (unpaired) electrons. The summed E-state index contributed by atoms with van der Waals surface area (Å²) in [6.45, 7) is 3.87. The van der Waals surface area contributed by atoms with E-state index in [4.69, 9.17) is 10.4 Å². The maximum absolute atomic E-state index is 12.1. The lowest BCUT2D eigenvalue weighted by atomic mass is 10.1. The molecule has 0 aliphatic heterocycles. The molecule has 0 heterocycles. The number of hydrogen-bond acceptors (Lipinski definition) is 3. The van der Waals surface area contributed by atoms with Gasteiger partial charge in [-0.1, -0.05) is 12.1 Å². The molecule has 5 heteroatoms. The highest BCUT2D eigenvalue weighted by molar-refractivity contribution is 5.92. The number of benzene rings is 1. The fourth-order valence-corrected chi connectivity index (χ4v) is 1.77. The molecule has 1 amide bonds. The largest absolute Gasteiger partial charge is 0.481 e. The highest BCUT2D eigenvalue weighted by Crippen LogP contribution is 2.07. The number of carboxylic acids is 1. The summed E-state index contributed by atoms with van der Waals surface area (Å²) in [5.41, 5.74) is 1.37. The van der Waals surface area contributed by atoms with Gasteiger partial charge in [0, 0.05) is 18.7 Å². The van der Waals surface area contributed by atoms with Crippen molar-refractivity contribution in [2.75, 3.05) is 6.54 Å². The number of nitriles is 1. The molecule has 0 bridgehead atoms. The fraction of sp³-hybridized carbons (Fsp3) is 0.312. The molecule has 0 fully saturated rings. The molecule has 21 heavy (non-hydrogen) atoms. The van der Waals surface area contributed by atoms with Crippen LogP contribution in [-0.4, -0.2) is 34.5 Å². The van der Waals surface area contributed by atoms with Gasteiger partial charge in [-0.25, -0.2) is 0 Å². The van der Waals surface area contributed by atoms with Crippen molar-refractivity contribution in [3.63, 3.8) is 0 Å². The van der Waals surface area contributed by atoms with E-state index < -0.39 is 5.97 Å². The predicted octanol–water partition coefficient (Wildman–Crippen LogP) is 2.28. The van der Waals surface area contributed by atoms with Crippen LogP contribution in [0.15, 0.2) is 30.3 Å². The van der Waals surface area contributed by atoms with Crippen LogP contribution in [0.2, 0.25) is 0 Å². The van der Waals surface area contributed by atoms with Crippen LogP contribution in [-0.2, 0) is 9.59 Å². The number of amides is 1. The standard InChI is InChI=1S/C16H18N2O3/c1-12(2)18(10-9-16(20)21)15(19)8-7-13-3-5-14(11-17)6-4-13/h3-8,12H,9-10H2,1-2H3,(H,20,21)/b8-7+. The molecule has 0 aliphatic carbocycles. The van der Waals surface area contributed by atoms with Crippen LogP contribution in [0.25, 0.3) is 6.08 Å². The van der Waals surface area contributed by atoms with Crippen LogP contribution in [0.1, 0.15) is 31.4 Å². The van der Waals surface area contributed by atoms with Crippen molar-refractivity contribution in [1.82, 2.24) is 4.90 Å². The van der Waals surface area contributed by atoms with Crippen molar-refractivity contribution in [2.24, 2.45) is 0 Å². The minimum absolute atomic E-state index is 0.0672. The van der Waals surface area contributed by atoms with E-state index in [0.29, 0.717) is 5.56 Å². The van der Waals surface area contributed by atoms with Gasteiger partial charge in [-0.3, -0.25) is 9.59 Å². The highest BCUT2D eigenvalue weighted by atomic mass is 16.4. The summed E-state index contributed by atoms with van der Waals surface area (Å²) < 4.78 is 0. The van der Waals surface area contributed by atoms with Gasteiger partial charge in [0.15, 0.2) is 0 Å². The van der Waals surface area contributed by atoms with E-state index in [0.717, 1.165) is 5.56 Å². The van der Waals surface area contributed by atoms with E-state index in [-0.39, 0.29) is 24.9 Å². The van der Waals surface area contributed by atoms with Crippen molar-refractivity contribution in [1.29, 1.82) is 5.26 Å².